The molecule has 0 amide bonds. The van der Waals surface area contributed by atoms with Gasteiger partial charge >= 0.3 is 0 Å². The van der Waals surface area contributed by atoms with Crippen molar-refractivity contribution >= 4 is 0 Å². The van der Waals surface area contributed by atoms with E-state index >= 15 is 0 Å². The second-order valence-electron chi connectivity index (χ2n) is 4.30. The highest BCUT2D eigenvalue weighted by atomic mass is 15.0. The normalized spacial score (nSPS) is 10.7. The van der Waals surface area contributed by atoms with Crippen LogP contribution in [0, 0.1) is 6.92 Å². The summed E-state index contributed by atoms with van der Waals surface area (Å²) >= 11 is 0. The van der Waals surface area contributed by atoms with E-state index in [-0.39, 0.29) is 0 Å². The number of rotatable bonds is 5. The van der Waals surface area contributed by atoms with E-state index in [1.165, 1.54) is 16.8 Å². The van der Waals surface area contributed by atoms with E-state index in [4.69, 9.17) is 0 Å². The summed E-state index contributed by atoms with van der Waals surface area (Å²) in [6.45, 7) is 4.15. The molecule has 1 N–H and O–H groups in total. The van der Waals surface area contributed by atoms with E-state index in [2.05, 4.69) is 46.1 Å². The first-order chi connectivity index (χ1) is 8.31. The Hall–Kier alpha value is -1.61. The van der Waals surface area contributed by atoms with Gasteiger partial charge in [-0.3, -0.25) is 0 Å². The molecule has 2 rings (SSSR count). The highest BCUT2D eigenvalue weighted by Gasteiger charge is 2.04. The molecule has 90 valence electrons. The molecule has 0 fully saturated rings. The molecular weight excluding hydrogens is 210 g/mol. The van der Waals surface area contributed by atoms with Crippen molar-refractivity contribution in [3.05, 3.63) is 42.4 Å². The van der Waals surface area contributed by atoms with Crippen molar-refractivity contribution < 1.29 is 0 Å². The summed E-state index contributed by atoms with van der Waals surface area (Å²) in [5.74, 6) is 0. The summed E-state index contributed by atoms with van der Waals surface area (Å²) in [5.41, 5.74) is 3.72. The van der Waals surface area contributed by atoms with Crippen LogP contribution in [0.1, 0.15) is 12.0 Å². The van der Waals surface area contributed by atoms with E-state index in [0.717, 1.165) is 19.5 Å². The van der Waals surface area contributed by atoms with E-state index < -0.39 is 0 Å². The first-order valence-electron chi connectivity index (χ1n) is 6.03. The quantitative estimate of drug-likeness (QED) is 0.798. The van der Waals surface area contributed by atoms with Gasteiger partial charge in [0.1, 0.15) is 0 Å². The molecule has 0 aliphatic rings. The zero-order valence-electron chi connectivity index (χ0n) is 10.5. The van der Waals surface area contributed by atoms with E-state index in [1.54, 1.807) is 0 Å². The van der Waals surface area contributed by atoms with Crippen LogP contribution in [0.25, 0.3) is 11.3 Å². The number of imidazole rings is 1. The van der Waals surface area contributed by atoms with Crippen molar-refractivity contribution in [2.75, 3.05) is 13.6 Å². The summed E-state index contributed by atoms with van der Waals surface area (Å²) in [7, 11) is 1.98. The molecule has 3 heteroatoms. The molecule has 3 nitrogen and oxygen atoms in total. The SMILES string of the molecule is CNCCCn1cncc1-c1cccc(C)c1. The first kappa shape index (κ1) is 11.9. The minimum Gasteiger partial charge on any atom is -0.331 e. The molecule has 0 radical (unpaired) electrons. The lowest BCUT2D eigenvalue weighted by atomic mass is 10.1. The number of nitrogens with zero attached hydrogens (tertiary/aromatic N) is 2. The number of aromatic nitrogens is 2. The third kappa shape index (κ3) is 2.94. The lowest BCUT2D eigenvalue weighted by Crippen LogP contribution is -2.11. The van der Waals surface area contributed by atoms with Crippen LogP contribution in [0.5, 0.6) is 0 Å². The Morgan fingerprint density at radius 2 is 2.24 bits per heavy atom. The molecule has 0 spiro atoms. The number of nitrogens with one attached hydrogen (secondary N) is 1. The summed E-state index contributed by atoms with van der Waals surface area (Å²) in [5, 5.41) is 3.16. The molecule has 1 aromatic carbocycles. The third-order valence-corrected chi connectivity index (χ3v) is 2.85. The fourth-order valence-electron chi connectivity index (χ4n) is 1.97. The van der Waals surface area contributed by atoms with Gasteiger partial charge in [-0.05, 0) is 33.0 Å². The van der Waals surface area contributed by atoms with Crippen molar-refractivity contribution in [2.45, 2.75) is 19.9 Å². The minimum absolute atomic E-state index is 1.00. The maximum atomic E-state index is 4.25. The standard InChI is InChI=1S/C14H19N3/c1-12-5-3-6-13(9-12)14-10-16-11-17(14)8-4-7-15-2/h3,5-6,9-11,15H,4,7-8H2,1-2H3. The number of hydrogen-bond donors (Lipinski definition) is 1. The molecule has 0 saturated carbocycles. The van der Waals surface area contributed by atoms with Crippen LogP contribution in [0.4, 0.5) is 0 Å². The van der Waals surface area contributed by atoms with Crippen molar-refractivity contribution in [3.8, 4) is 11.3 Å². The minimum atomic E-state index is 1.00. The van der Waals surface area contributed by atoms with Gasteiger partial charge in [0.05, 0.1) is 18.2 Å². The summed E-state index contributed by atoms with van der Waals surface area (Å²) in [6.07, 6.45) is 4.97. The Morgan fingerprint density at radius 1 is 1.35 bits per heavy atom. The van der Waals surface area contributed by atoms with Gasteiger partial charge in [-0.15, -0.1) is 0 Å². The van der Waals surface area contributed by atoms with Crippen LogP contribution in [-0.2, 0) is 6.54 Å². The van der Waals surface area contributed by atoms with E-state index in [9.17, 15) is 0 Å². The Morgan fingerprint density at radius 3 is 3.00 bits per heavy atom. The smallest absolute Gasteiger partial charge is 0.0950 e. The third-order valence-electron chi connectivity index (χ3n) is 2.85. The average molecular weight is 229 g/mol. The van der Waals surface area contributed by atoms with Gasteiger partial charge in [0.15, 0.2) is 0 Å². The molecule has 0 aliphatic heterocycles. The fourth-order valence-corrected chi connectivity index (χ4v) is 1.97. The number of benzene rings is 1. The van der Waals surface area contributed by atoms with Crippen molar-refractivity contribution in [1.29, 1.82) is 0 Å². The Labute approximate surface area is 103 Å². The molecule has 0 bridgehead atoms. The van der Waals surface area contributed by atoms with E-state index in [1.807, 2.05) is 19.6 Å². The molecule has 1 aromatic heterocycles. The summed E-state index contributed by atoms with van der Waals surface area (Å²) < 4.78 is 2.21. The molecular formula is C14H19N3. The zero-order valence-corrected chi connectivity index (χ0v) is 10.5. The van der Waals surface area contributed by atoms with E-state index in [0.29, 0.717) is 0 Å². The lowest BCUT2D eigenvalue weighted by molar-refractivity contribution is 0.616. The van der Waals surface area contributed by atoms with Gasteiger partial charge in [-0.25, -0.2) is 4.98 Å². The van der Waals surface area contributed by atoms with Crippen LogP contribution in [-0.4, -0.2) is 23.1 Å². The van der Waals surface area contributed by atoms with Gasteiger partial charge in [-0.2, -0.15) is 0 Å². The largest absolute Gasteiger partial charge is 0.331 e. The molecule has 0 atom stereocenters. The maximum absolute atomic E-state index is 4.25. The monoisotopic (exact) mass is 229 g/mol. The Kier molecular flexibility index (Phi) is 3.94. The van der Waals surface area contributed by atoms with Gasteiger partial charge in [0.2, 0.25) is 0 Å². The lowest BCUT2D eigenvalue weighted by Gasteiger charge is -2.08. The van der Waals surface area contributed by atoms with Gasteiger partial charge < -0.3 is 9.88 Å². The average Bonchev–Trinajstić information content (AvgIpc) is 2.78. The summed E-state index contributed by atoms with van der Waals surface area (Å²) in [6, 6.07) is 8.55. The molecule has 0 unspecified atom stereocenters. The van der Waals surface area contributed by atoms with Crippen molar-refractivity contribution in [1.82, 2.24) is 14.9 Å². The topological polar surface area (TPSA) is 29.9 Å². The number of hydrogen-bond acceptors (Lipinski definition) is 2. The van der Waals surface area contributed by atoms with Crippen molar-refractivity contribution in [3.63, 3.8) is 0 Å². The molecule has 1 heterocycles. The van der Waals surface area contributed by atoms with Crippen LogP contribution < -0.4 is 5.32 Å². The van der Waals surface area contributed by atoms with Gasteiger partial charge in [0, 0.05) is 12.1 Å². The fraction of sp³-hybridized carbons (Fsp3) is 0.357. The highest BCUT2D eigenvalue weighted by Crippen LogP contribution is 2.20. The van der Waals surface area contributed by atoms with Crippen LogP contribution >= 0.6 is 0 Å². The zero-order chi connectivity index (χ0) is 12.1. The molecule has 17 heavy (non-hydrogen) atoms. The van der Waals surface area contributed by atoms with Crippen LogP contribution in [0.3, 0.4) is 0 Å². The maximum Gasteiger partial charge on any atom is 0.0950 e. The predicted octanol–water partition coefficient (Wildman–Crippen LogP) is 2.47. The predicted molar refractivity (Wildman–Crippen MR) is 70.9 cm³/mol. The Balaban J connectivity index is 2.18. The summed E-state index contributed by atoms with van der Waals surface area (Å²) in [4.78, 5) is 4.25. The van der Waals surface area contributed by atoms with Gasteiger partial charge in [-0.1, -0.05) is 23.8 Å². The molecule has 0 aliphatic carbocycles. The Bertz CT molecular complexity index is 474. The van der Waals surface area contributed by atoms with Gasteiger partial charge in [0.25, 0.3) is 0 Å². The second-order valence-corrected chi connectivity index (χ2v) is 4.30. The van der Waals surface area contributed by atoms with Crippen molar-refractivity contribution in [2.24, 2.45) is 0 Å². The highest BCUT2D eigenvalue weighted by molar-refractivity contribution is 5.59. The first-order valence-corrected chi connectivity index (χ1v) is 6.03. The van der Waals surface area contributed by atoms with Crippen LogP contribution in [0.15, 0.2) is 36.8 Å². The molecule has 0 saturated heterocycles. The van der Waals surface area contributed by atoms with Crippen LogP contribution in [0.2, 0.25) is 0 Å². The molecule has 2 aromatic rings. The second kappa shape index (κ2) is 5.64. The number of aryl methyl sites for hydroxylation is 2.